The van der Waals surface area contributed by atoms with Gasteiger partial charge in [0.15, 0.2) is 0 Å². The van der Waals surface area contributed by atoms with Gasteiger partial charge in [-0.2, -0.15) is 5.10 Å². The third-order valence-electron chi connectivity index (χ3n) is 3.00. The van der Waals surface area contributed by atoms with Crippen LogP contribution in [0.4, 0.5) is 0 Å². The Morgan fingerprint density at radius 3 is 2.79 bits per heavy atom. The van der Waals surface area contributed by atoms with Crippen molar-refractivity contribution in [1.82, 2.24) is 15.1 Å². The van der Waals surface area contributed by atoms with E-state index in [1.807, 2.05) is 23.9 Å². The average molecular weight is 259 g/mol. The normalized spacial score (nSPS) is 10.9. The Bertz CT molecular complexity index is 534. The summed E-state index contributed by atoms with van der Waals surface area (Å²) in [5, 5.41) is 7.86. The highest BCUT2D eigenvalue weighted by Crippen LogP contribution is 2.16. The smallest absolute Gasteiger partial charge is 0.0690 e. The fourth-order valence-corrected chi connectivity index (χ4v) is 2.03. The van der Waals surface area contributed by atoms with Crippen LogP contribution in [0.3, 0.4) is 0 Å². The molecule has 2 aromatic rings. The van der Waals surface area contributed by atoms with Crippen LogP contribution in [-0.4, -0.2) is 30.0 Å². The molecule has 0 saturated carbocycles. The molecule has 0 aliphatic rings. The van der Waals surface area contributed by atoms with E-state index in [-0.39, 0.29) is 0 Å². The van der Waals surface area contributed by atoms with Crippen LogP contribution in [0.25, 0.3) is 5.69 Å². The van der Waals surface area contributed by atoms with Crippen LogP contribution >= 0.6 is 0 Å². The molecule has 0 atom stereocenters. The van der Waals surface area contributed by atoms with Gasteiger partial charge < -0.3 is 10.1 Å². The molecule has 4 nitrogen and oxygen atoms in total. The van der Waals surface area contributed by atoms with E-state index in [9.17, 15) is 0 Å². The second-order valence-electron chi connectivity index (χ2n) is 4.70. The van der Waals surface area contributed by atoms with Gasteiger partial charge in [-0.15, -0.1) is 0 Å². The van der Waals surface area contributed by atoms with Gasteiger partial charge in [-0.25, -0.2) is 4.68 Å². The number of nitrogens with one attached hydrogen (secondary N) is 1. The summed E-state index contributed by atoms with van der Waals surface area (Å²) < 4.78 is 6.97. The molecule has 4 heteroatoms. The topological polar surface area (TPSA) is 39.1 Å². The van der Waals surface area contributed by atoms with Gasteiger partial charge in [-0.05, 0) is 31.5 Å². The number of nitrogens with zero attached hydrogens (tertiary/aromatic N) is 2. The van der Waals surface area contributed by atoms with E-state index in [2.05, 4.69) is 35.5 Å². The van der Waals surface area contributed by atoms with Gasteiger partial charge in [-0.3, -0.25) is 0 Å². The van der Waals surface area contributed by atoms with Crippen molar-refractivity contribution in [1.29, 1.82) is 0 Å². The molecule has 2 rings (SSSR count). The van der Waals surface area contributed by atoms with Crippen LogP contribution in [0.15, 0.2) is 30.5 Å². The summed E-state index contributed by atoms with van der Waals surface area (Å²) in [4.78, 5) is 0. The highest BCUT2D eigenvalue weighted by Gasteiger charge is 2.06. The quantitative estimate of drug-likeness (QED) is 0.809. The second kappa shape index (κ2) is 6.50. The van der Waals surface area contributed by atoms with Gasteiger partial charge in [0.1, 0.15) is 0 Å². The standard InChI is InChI=1S/C15H21N3O/c1-12-4-5-15(18-8-6-13(2)17-18)14(10-12)11-16-7-9-19-3/h4-6,8,10,16H,7,9,11H2,1-3H3. The summed E-state index contributed by atoms with van der Waals surface area (Å²) in [6, 6.07) is 8.45. The molecule has 0 bridgehead atoms. The molecule has 1 heterocycles. The molecule has 0 spiro atoms. The number of rotatable bonds is 6. The molecule has 19 heavy (non-hydrogen) atoms. The first kappa shape index (κ1) is 13.8. The predicted molar refractivity (Wildman–Crippen MR) is 76.6 cm³/mol. The van der Waals surface area contributed by atoms with Crippen LogP contribution < -0.4 is 5.32 Å². The molecule has 1 aromatic carbocycles. The minimum Gasteiger partial charge on any atom is -0.383 e. The third kappa shape index (κ3) is 3.66. The molecule has 0 unspecified atom stereocenters. The van der Waals surface area contributed by atoms with E-state index in [4.69, 9.17) is 4.74 Å². The van der Waals surface area contributed by atoms with Gasteiger partial charge >= 0.3 is 0 Å². The predicted octanol–water partition coefficient (Wildman–Crippen LogP) is 2.23. The fraction of sp³-hybridized carbons (Fsp3) is 0.400. The number of methoxy groups -OCH3 is 1. The second-order valence-corrected chi connectivity index (χ2v) is 4.70. The van der Waals surface area contributed by atoms with E-state index in [0.29, 0.717) is 0 Å². The zero-order valence-electron chi connectivity index (χ0n) is 11.8. The van der Waals surface area contributed by atoms with Crippen LogP contribution in [0.1, 0.15) is 16.8 Å². The summed E-state index contributed by atoms with van der Waals surface area (Å²) in [7, 11) is 1.71. The number of ether oxygens (including phenoxy) is 1. The highest BCUT2D eigenvalue weighted by molar-refractivity contribution is 5.43. The van der Waals surface area contributed by atoms with Crippen LogP contribution in [0, 0.1) is 13.8 Å². The zero-order valence-corrected chi connectivity index (χ0v) is 11.8. The van der Waals surface area contributed by atoms with Gasteiger partial charge in [0, 0.05) is 26.4 Å². The number of benzene rings is 1. The van der Waals surface area contributed by atoms with Crippen molar-refractivity contribution >= 4 is 0 Å². The van der Waals surface area contributed by atoms with Crippen molar-refractivity contribution in [3.05, 3.63) is 47.3 Å². The van der Waals surface area contributed by atoms with Gasteiger partial charge in [0.25, 0.3) is 0 Å². The zero-order chi connectivity index (χ0) is 13.7. The average Bonchev–Trinajstić information content (AvgIpc) is 2.81. The van der Waals surface area contributed by atoms with E-state index in [1.54, 1.807) is 7.11 Å². The summed E-state index contributed by atoms with van der Waals surface area (Å²) in [6.45, 7) is 6.50. The maximum absolute atomic E-state index is 5.04. The molecule has 0 aliphatic carbocycles. The lowest BCUT2D eigenvalue weighted by Crippen LogP contribution is -2.19. The maximum Gasteiger partial charge on any atom is 0.0690 e. The number of aromatic nitrogens is 2. The fourth-order valence-electron chi connectivity index (χ4n) is 2.03. The molecule has 1 N–H and O–H groups in total. The van der Waals surface area contributed by atoms with Crippen molar-refractivity contribution in [2.75, 3.05) is 20.3 Å². The number of aryl methyl sites for hydroxylation is 2. The minimum absolute atomic E-state index is 0.724. The van der Waals surface area contributed by atoms with Crippen LogP contribution in [0.2, 0.25) is 0 Å². The van der Waals surface area contributed by atoms with E-state index in [1.165, 1.54) is 11.1 Å². The molecular weight excluding hydrogens is 238 g/mol. The molecule has 102 valence electrons. The first-order valence-electron chi connectivity index (χ1n) is 6.52. The van der Waals surface area contributed by atoms with E-state index < -0.39 is 0 Å². The Hall–Kier alpha value is -1.65. The summed E-state index contributed by atoms with van der Waals surface area (Å²) >= 11 is 0. The summed E-state index contributed by atoms with van der Waals surface area (Å²) in [6.07, 6.45) is 2.00. The van der Waals surface area contributed by atoms with Gasteiger partial charge in [0.05, 0.1) is 18.0 Å². The first-order valence-corrected chi connectivity index (χ1v) is 6.52. The van der Waals surface area contributed by atoms with Crippen molar-refractivity contribution in [3.63, 3.8) is 0 Å². The molecule has 1 aromatic heterocycles. The van der Waals surface area contributed by atoms with Crippen LogP contribution in [0.5, 0.6) is 0 Å². The number of hydrogen-bond acceptors (Lipinski definition) is 3. The maximum atomic E-state index is 5.04. The van der Waals surface area contributed by atoms with Crippen molar-refractivity contribution in [3.8, 4) is 5.69 Å². The molecule has 0 radical (unpaired) electrons. The molecule has 0 fully saturated rings. The van der Waals surface area contributed by atoms with Crippen molar-refractivity contribution < 1.29 is 4.74 Å². The lowest BCUT2D eigenvalue weighted by atomic mass is 10.1. The molecular formula is C15H21N3O. The minimum atomic E-state index is 0.724. The molecule has 0 amide bonds. The Kier molecular flexibility index (Phi) is 4.71. The van der Waals surface area contributed by atoms with Crippen LogP contribution in [-0.2, 0) is 11.3 Å². The van der Waals surface area contributed by atoms with Gasteiger partial charge in [-0.1, -0.05) is 17.7 Å². The SMILES string of the molecule is COCCNCc1cc(C)ccc1-n1ccc(C)n1. The lowest BCUT2D eigenvalue weighted by Gasteiger charge is -2.11. The van der Waals surface area contributed by atoms with Crippen molar-refractivity contribution in [2.24, 2.45) is 0 Å². The Morgan fingerprint density at radius 2 is 2.11 bits per heavy atom. The van der Waals surface area contributed by atoms with Gasteiger partial charge in [0.2, 0.25) is 0 Å². The molecule has 0 saturated heterocycles. The Balaban J connectivity index is 2.18. The third-order valence-corrected chi connectivity index (χ3v) is 3.00. The Labute approximate surface area is 114 Å². The number of hydrogen-bond donors (Lipinski definition) is 1. The van der Waals surface area contributed by atoms with E-state index in [0.717, 1.165) is 31.1 Å². The monoisotopic (exact) mass is 259 g/mol. The van der Waals surface area contributed by atoms with E-state index >= 15 is 0 Å². The first-order chi connectivity index (χ1) is 9.20. The highest BCUT2D eigenvalue weighted by atomic mass is 16.5. The lowest BCUT2D eigenvalue weighted by molar-refractivity contribution is 0.199. The Morgan fingerprint density at radius 1 is 1.26 bits per heavy atom. The summed E-state index contributed by atoms with van der Waals surface area (Å²) in [5.74, 6) is 0. The largest absolute Gasteiger partial charge is 0.383 e. The molecule has 0 aliphatic heterocycles. The van der Waals surface area contributed by atoms with Crippen molar-refractivity contribution in [2.45, 2.75) is 20.4 Å². The summed E-state index contributed by atoms with van der Waals surface area (Å²) in [5.41, 5.74) is 4.66.